The van der Waals surface area contributed by atoms with E-state index in [2.05, 4.69) is 0 Å². The number of benzene rings is 1. The van der Waals surface area contributed by atoms with Gasteiger partial charge in [-0.05, 0) is 11.6 Å². The molecule has 0 saturated heterocycles. The molecule has 0 fully saturated rings. The van der Waals surface area contributed by atoms with Crippen LogP contribution < -0.4 is 0 Å². The van der Waals surface area contributed by atoms with E-state index in [0.717, 1.165) is 0 Å². The largest absolute Gasteiger partial charge is 0.419 e. The molecule has 0 spiro atoms. The van der Waals surface area contributed by atoms with Gasteiger partial charge in [0.1, 0.15) is 0 Å². The molecule has 5 heteroatoms. The van der Waals surface area contributed by atoms with Crippen molar-refractivity contribution in [3.63, 3.8) is 0 Å². The van der Waals surface area contributed by atoms with Crippen molar-refractivity contribution in [1.29, 1.82) is 0 Å². The van der Waals surface area contributed by atoms with Gasteiger partial charge in [-0.25, -0.2) is 4.39 Å². The van der Waals surface area contributed by atoms with Crippen LogP contribution in [0, 0.1) is 0 Å². The third-order valence-electron chi connectivity index (χ3n) is 1.71. The molecule has 0 heterocycles. The highest BCUT2D eigenvalue weighted by molar-refractivity contribution is 6.31. The van der Waals surface area contributed by atoms with E-state index < -0.39 is 18.8 Å². The molecule has 0 radical (unpaired) electrons. The predicted octanol–water partition coefficient (Wildman–Crippen LogP) is 3.78. The standard InChI is InChI=1S/C9H7ClF4/c10-7-4-2-1-3-6(7)5-8(11)9(12,13)14/h1-4,8H,5H2. The number of halogens is 5. The van der Waals surface area contributed by atoms with Crippen LogP contribution in [0.2, 0.25) is 5.02 Å². The smallest absolute Gasteiger partial charge is 0.237 e. The van der Waals surface area contributed by atoms with Crippen molar-refractivity contribution in [3.8, 4) is 0 Å². The van der Waals surface area contributed by atoms with Gasteiger partial charge in [-0.3, -0.25) is 0 Å². The van der Waals surface area contributed by atoms with E-state index in [1.54, 1.807) is 6.07 Å². The van der Waals surface area contributed by atoms with E-state index in [0.29, 0.717) is 0 Å². The zero-order valence-corrected chi connectivity index (χ0v) is 7.74. The van der Waals surface area contributed by atoms with E-state index in [4.69, 9.17) is 11.6 Å². The van der Waals surface area contributed by atoms with Crippen LogP contribution in [0.3, 0.4) is 0 Å². The van der Waals surface area contributed by atoms with Gasteiger partial charge in [0.2, 0.25) is 0 Å². The van der Waals surface area contributed by atoms with Crippen molar-refractivity contribution in [2.75, 3.05) is 0 Å². The van der Waals surface area contributed by atoms with Gasteiger partial charge in [0.05, 0.1) is 0 Å². The Kier molecular flexibility index (Phi) is 3.37. The summed E-state index contributed by atoms with van der Waals surface area (Å²) in [6.07, 6.45) is -8.41. The Morgan fingerprint density at radius 3 is 2.29 bits per heavy atom. The fourth-order valence-corrected chi connectivity index (χ4v) is 1.19. The minimum Gasteiger partial charge on any atom is -0.237 e. The molecule has 0 N–H and O–H groups in total. The number of hydrogen-bond acceptors (Lipinski definition) is 0. The van der Waals surface area contributed by atoms with Crippen molar-refractivity contribution in [1.82, 2.24) is 0 Å². The summed E-state index contributed by atoms with van der Waals surface area (Å²) in [5.74, 6) is 0. The summed E-state index contributed by atoms with van der Waals surface area (Å²) in [6, 6.07) is 5.90. The van der Waals surface area contributed by atoms with Gasteiger partial charge < -0.3 is 0 Å². The second kappa shape index (κ2) is 4.17. The third-order valence-corrected chi connectivity index (χ3v) is 2.08. The van der Waals surface area contributed by atoms with Crippen molar-refractivity contribution in [2.45, 2.75) is 18.8 Å². The summed E-state index contributed by atoms with van der Waals surface area (Å²) in [6.45, 7) is 0. The van der Waals surface area contributed by atoms with Crippen LogP contribution in [0.5, 0.6) is 0 Å². The minimum absolute atomic E-state index is 0.152. The molecule has 78 valence electrons. The Morgan fingerprint density at radius 2 is 1.79 bits per heavy atom. The molecule has 14 heavy (non-hydrogen) atoms. The maximum atomic E-state index is 12.6. The van der Waals surface area contributed by atoms with Crippen LogP contribution in [0.25, 0.3) is 0 Å². The number of rotatable bonds is 2. The maximum Gasteiger partial charge on any atom is 0.419 e. The van der Waals surface area contributed by atoms with Crippen LogP contribution in [0.1, 0.15) is 5.56 Å². The summed E-state index contributed by atoms with van der Waals surface area (Å²) in [7, 11) is 0. The molecule has 0 saturated carbocycles. The summed E-state index contributed by atoms with van der Waals surface area (Å²) < 4.78 is 48.1. The van der Waals surface area contributed by atoms with Crippen molar-refractivity contribution >= 4 is 11.6 Å². The molecule has 0 aliphatic heterocycles. The highest BCUT2D eigenvalue weighted by Crippen LogP contribution is 2.27. The van der Waals surface area contributed by atoms with Gasteiger partial charge in [0.15, 0.2) is 6.17 Å². The lowest BCUT2D eigenvalue weighted by atomic mass is 10.1. The Morgan fingerprint density at radius 1 is 1.21 bits per heavy atom. The molecule has 0 aliphatic carbocycles. The average Bonchev–Trinajstić information content (AvgIpc) is 2.07. The molecule has 1 atom stereocenters. The Labute approximate surface area is 83.5 Å². The molecular formula is C9H7ClF4. The SMILES string of the molecule is FC(Cc1ccccc1Cl)C(F)(F)F. The van der Waals surface area contributed by atoms with Crippen LogP contribution in [-0.4, -0.2) is 12.3 Å². The zero-order valence-electron chi connectivity index (χ0n) is 6.98. The van der Waals surface area contributed by atoms with Crippen LogP contribution in [0.4, 0.5) is 17.6 Å². The topological polar surface area (TPSA) is 0 Å². The molecule has 0 aliphatic rings. The zero-order chi connectivity index (χ0) is 10.8. The first-order valence-corrected chi connectivity index (χ1v) is 4.23. The Bertz CT molecular complexity index is 308. The molecule has 1 unspecified atom stereocenters. The van der Waals surface area contributed by atoms with Crippen LogP contribution >= 0.6 is 11.6 Å². The van der Waals surface area contributed by atoms with Gasteiger partial charge >= 0.3 is 6.18 Å². The fourth-order valence-electron chi connectivity index (χ4n) is 0.973. The van der Waals surface area contributed by atoms with Gasteiger partial charge in [-0.15, -0.1) is 0 Å². The normalized spacial score (nSPS) is 14.1. The van der Waals surface area contributed by atoms with E-state index in [1.807, 2.05) is 0 Å². The fraction of sp³-hybridized carbons (Fsp3) is 0.333. The Balaban J connectivity index is 2.75. The first-order chi connectivity index (χ1) is 6.41. The second-order valence-electron chi connectivity index (χ2n) is 2.80. The molecular weight excluding hydrogens is 220 g/mol. The summed E-state index contributed by atoms with van der Waals surface area (Å²) in [4.78, 5) is 0. The van der Waals surface area contributed by atoms with Crippen LogP contribution in [-0.2, 0) is 6.42 Å². The highest BCUT2D eigenvalue weighted by atomic mass is 35.5. The van der Waals surface area contributed by atoms with E-state index in [9.17, 15) is 17.6 Å². The highest BCUT2D eigenvalue weighted by Gasteiger charge is 2.40. The molecule has 0 aromatic heterocycles. The van der Waals surface area contributed by atoms with Crippen molar-refractivity contribution in [3.05, 3.63) is 34.9 Å². The average molecular weight is 227 g/mol. The minimum atomic E-state index is -4.82. The Hall–Kier alpha value is -0.770. The first-order valence-electron chi connectivity index (χ1n) is 3.85. The number of hydrogen-bond donors (Lipinski definition) is 0. The molecule has 1 aromatic carbocycles. The molecule has 1 aromatic rings. The van der Waals surface area contributed by atoms with E-state index in [-0.39, 0.29) is 10.6 Å². The molecule has 1 rings (SSSR count). The number of alkyl halides is 4. The van der Waals surface area contributed by atoms with Gasteiger partial charge in [0.25, 0.3) is 0 Å². The lowest BCUT2D eigenvalue weighted by Gasteiger charge is -2.12. The first kappa shape index (κ1) is 11.3. The summed E-state index contributed by atoms with van der Waals surface area (Å²) in [5, 5.41) is 0.152. The van der Waals surface area contributed by atoms with Crippen molar-refractivity contribution < 1.29 is 17.6 Å². The summed E-state index contributed by atoms with van der Waals surface area (Å²) >= 11 is 5.58. The monoisotopic (exact) mass is 226 g/mol. The van der Waals surface area contributed by atoms with Crippen molar-refractivity contribution in [2.24, 2.45) is 0 Å². The van der Waals surface area contributed by atoms with E-state index in [1.165, 1.54) is 18.2 Å². The lowest BCUT2D eigenvalue weighted by molar-refractivity contribution is -0.179. The quantitative estimate of drug-likeness (QED) is 0.673. The van der Waals surface area contributed by atoms with Gasteiger partial charge in [-0.1, -0.05) is 29.8 Å². The van der Waals surface area contributed by atoms with E-state index >= 15 is 0 Å². The summed E-state index contributed by atoms with van der Waals surface area (Å²) in [5.41, 5.74) is 0.166. The second-order valence-corrected chi connectivity index (χ2v) is 3.21. The molecule has 0 bridgehead atoms. The third kappa shape index (κ3) is 2.87. The lowest BCUT2D eigenvalue weighted by Crippen LogP contribution is -2.26. The van der Waals surface area contributed by atoms with Gasteiger partial charge in [-0.2, -0.15) is 13.2 Å². The maximum absolute atomic E-state index is 12.6. The molecule has 0 nitrogen and oxygen atoms in total. The predicted molar refractivity (Wildman–Crippen MR) is 46.1 cm³/mol. The van der Waals surface area contributed by atoms with Crippen LogP contribution in [0.15, 0.2) is 24.3 Å². The van der Waals surface area contributed by atoms with Gasteiger partial charge in [0, 0.05) is 11.4 Å². The molecule has 0 amide bonds.